The molecular weight excluding hydrogens is 601 g/mol. The van der Waals surface area contributed by atoms with Crippen LogP contribution in [0.1, 0.15) is 76.1 Å². The van der Waals surface area contributed by atoms with Crippen molar-refractivity contribution in [3.8, 4) is 0 Å². The molecule has 2 aromatic carbocycles. The molecule has 0 aliphatic rings. The summed E-state index contributed by atoms with van der Waals surface area (Å²) in [6.07, 6.45) is 0. The van der Waals surface area contributed by atoms with Crippen LogP contribution in [-0.4, -0.2) is 76.5 Å². The predicted molar refractivity (Wildman–Crippen MR) is 174 cm³/mol. The highest BCUT2D eigenvalue weighted by atomic mass is 32.2. The summed E-state index contributed by atoms with van der Waals surface area (Å²) in [6, 6.07) is 11.7. The topological polar surface area (TPSA) is 133 Å². The maximum Gasteiger partial charge on any atom is 0.251 e. The second kappa shape index (κ2) is 16.5. The van der Waals surface area contributed by atoms with Crippen LogP contribution in [0.3, 0.4) is 0 Å². The van der Waals surface area contributed by atoms with Gasteiger partial charge < -0.3 is 10.6 Å². The first-order valence-electron chi connectivity index (χ1n) is 15.2. The summed E-state index contributed by atoms with van der Waals surface area (Å²) in [6.45, 7) is 17.7. The van der Waals surface area contributed by atoms with Gasteiger partial charge in [0.2, 0.25) is 20.0 Å². The van der Waals surface area contributed by atoms with Crippen LogP contribution in [0.15, 0.2) is 58.3 Å². The lowest BCUT2D eigenvalue weighted by Crippen LogP contribution is -2.37. The van der Waals surface area contributed by atoms with Crippen LogP contribution in [0.2, 0.25) is 0 Å². The van der Waals surface area contributed by atoms with Crippen LogP contribution < -0.4 is 10.6 Å². The summed E-state index contributed by atoms with van der Waals surface area (Å²) in [5.74, 6) is -0.110. The molecule has 0 atom stereocenters. The highest BCUT2D eigenvalue weighted by Crippen LogP contribution is 2.21. The first-order chi connectivity index (χ1) is 20.4. The molecular formula is C32H50N4O6S2. The van der Waals surface area contributed by atoms with E-state index in [0.717, 1.165) is 0 Å². The number of nitrogens with one attached hydrogen (secondary N) is 2. The zero-order chi connectivity index (χ0) is 33.2. The molecule has 2 N–H and O–H groups in total. The molecule has 2 rings (SSSR count). The summed E-state index contributed by atoms with van der Waals surface area (Å²) < 4.78 is 55.8. The first-order valence-corrected chi connectivity index (χ1v) is 18.1. The molecule has 0 unspecified atom stereocenters. The molecule has 0 fully saturated rings. The Morgan fingerprint density at radius 2 is 0.773 bits per heavy atom. The van der Waals surface area contributed by atoms with Crippen LogP contribution in [0.4, 0.5) is 0 Å². The van der Waals surface area contributed by atoms with Gasteiger partial charge in [0.25, 0.3) is 11.8 Å². The van der Waals surface area contributed by atoms with E-state index in [0.29, 0.717) is 37.3 Å². The van der Waals surface area contributed by atoms with Gasteiger partial charge >= 0.3 is 0 Å². The van der Waals surface area contributed by atoms with Gasteiger partial charge in [-0.05, 0) is 72.2 Å². The number of rotatable bonds is 17. The fraction of sp³-hybridized carbons (Fsp3) is 0.562. The predicted octanol–water partition coefficient (Wildman–Crippen LogP) is 4.45. The Kier molecular flexibility index (Phi) is 14.0. The van der Waals surface area contributed by atoms with Crippen LogP contribution in [0, 0.1) is 23.7 Å². The SMILES string of the molecule is CC(C)CN(CC(C)C)S(=O)(=O)c1ccc(C(=O)NCCNC(=O)c2ccc(S(=O)(=O)N(CC(C)C)CC(C)C)cc2)cc1. The van der Waals surface area contributed by atoms with E-state index in [1.807, 2.05) is 55.4 Å². The quantitative estimate of drug-likeness (QED) is 0.243. The van der Waals surface area contributed by atoms with Crippen molar-refractivity contribution in [1.82, 2.24) is 19.2 Å². The molecule has 0 spiro atoms. The summed E-state index contributed by atoms with van der Waals surface area (Å²) in [4.78, 5) is 25.5. The Hall–Kier alpha value is -2.80. The Morgan fingerprint density at radius 1 is 0.523 bits per heavy atom. The van der Waals surface area contributed by atoms with Crippen molar-refractivity contribution < 1.29 is 26.4 Å². The molecule has 0 heterocycles. The molecule has 0 saturated heterocycles. The zero-order valence-electron chi connectivity index (χ0n) is 27.3. The van der Waals surface area contributed by atoms with Crippen molar-refractivity contribution in [3.63, 3.8) is 0 Å². The van der Waals surface area contributed by atoms with Gasteiger partial charge in [-0.15, -0.1) is 0 Å². The number of hydrogen-bond donors (Lipinski definition) is 2. The summed E-state index contributed by atoms with van der Waals surface area (Å²) >= 11 is 0. The van der Waals surface area contributed by atoms with E-state index in [2.05, 4.69) is 10.6 Å². The number of hydrogen-bond acceptors (Lipinski definition) is 6. The third kappa shape index (κ3) is 11.0. The van der Waals surface area contributed by atoms with Crippen molar-refractivity contribution in [1.29, 1.82) is 0 Å². The van der Waals surface area contributed by atoms with Gasteiger partial charge in [-0.2, -0.15) is 8.61 Å². The maximum atomic E-state index is 13.2. The van der Waals surface area contributed by atoms with Gasteiger partial charge in [0.15, 0.2) is 0 Å². The molecule has 0 radical (unpaired) electrons. The zero-order valence-corrected chi connectivity index (χ0v) is 29.0. The average Bonchev–Trinajstić information content (AvgIpc) is 2.93. The summed E-state index contributed by atoms with van der Waals surface area (Å²) in [5, 5.41) is 5.43. The molecule has 246 valence electrons. The normalized spacial score (nSPS) is 12.6. The molecule has 0 aliphatic carbocycles. The van der Waals surface area contributed by atoms with Crippen LogP contribution in [0.5, 0.6) is 0 Å². The number of amides is 2. The van der Waals surface area contributed by atoms with Gasteiger partial charge in [-0.25, -0.2) is 16.8 Å². The highest BCUT2D eigenvalue weighted by Gasteiger charge is 2.27. The molecule has 0 saturated carbocycles. The lowest BCUT2D eigenvalue weighted by molar-refractivity contribution is 0.0927. The van der Waals surface area contributed by atoms with E-state index in [1.54, 1.807) is 0 Å². The highest BCUT2D eigenvalue weighted by molar-refractivity contribution is 7.89. The van der Waals surface area contributed by atoms with E-state index < -0.39 is 31.9 Å². The van der Waals surface area contributed by atoms with Crippen molar-refractivity contribution in [2.24, 2.45) is 23.7 Å². The molecule has 2 aromatic rings. The smallest absolute Gasteiger partial charge is 0.251 e. The number of benzene rings is 2. The standard InChI is InChI=1S/C32H50N4O6S2/c1-23(2)19-35(20-24(3)4)43(39,40)29-13-9-27(10-14-29)31(37)33-17-18-34-32(38)28-11-15-30(16-12-28)44(41,42)36(21-25(5)6)22-26(7)8/h9-16,23-26H,17-22H2,1-8H3,(H,33,37)(H,34,38). The Morgan fingerprint density at radius 3 is 1.00 bits per heavy atom. The van der Waals surface area contributed by atoms with Gasteiger partial charge in [-0.3, -0.25) is 9.59 Å². The summed E-state index contributed by atoms with van der Waals surface area (Å²) in [7, 11) is -7.39. The lowest BCUT2D eigenvalue weighted by atomic mass is 10.2. The van der Waals surface area contributed by atoms with E-state index in [4.69, 9.17) is 0 Å². The Balaban J connectivity index is 1.95. The van der Waals surface area contributed by atoms with Crippen LogP contribution in [-0.2, 0) is 20.0 Å². The largest absolute Gasteiger partial charge is 0.350 e. The molecule has 0 aliphatic heterocycles. The van der Waals surface area contributed by atoms with Gasteiger partial charge in [0.05, 0.1) is 9.79 Å². The lowest BCUT2D eigenvalue weighted by Gasteiger charge is -2.25. The third-order valence-corrected chi connectivity index (χ3v) is 10.2. The van der Waals surface area contributed by atoms with Gasteiger partial charge in [0.1, 0.15) is 0 Å². The monoisotopic (exact) mass is 650 g/mol. The Labute approximate surface area is 264 Å². The van der Waals surface area contributed by atoms with E-state index >= 15 is 0 Å². The minimum atomic E-state index is -3.70. The number of nitrogens with zero attached hydrogens (tertiary/aromatic N) is 2. The van der Waals surface area contributed by atoms with Crippen LogP contribution >= 0.6 is 0 Å². The van der Waals surface area contributed by atoms with E-state index in [9.17, 15) is 26.4 Å². The van der Waals surface area contributed by atoms with Crippen LogP contribution in [0.25, 0.3) is 0 Å². The molecule has 44 heavy (non-hydrogen) atoms. The van der Waals surface area contributed by atoms with Crippen molar-refractivity contribution in [2.75, 3.05) is 39.3 Å². The van der Waals surface area contributed by atoms with Crippen molar-refractivity contribution >= 4 is 31.9 Å². The van der Waals surface area contributed by atoms with Gasteiger partial charge in [0, 0.05) is 50.4 Å². The molecule has 12 heteroatoms. The minimum Gasteiger partial charge on any atom is -0.350 e. The maximum absolute atomic E-state index is 13.2. The number of carbonyl (C=O) groups excluding carboxylic acids is 2. The Bertz CT molecular complexity index is 1310. The second-order valence-electron chi connectivity index (χ2n) is 12.8. The molecule has 0 bridgehead atoms. The minimum absolute atomic E-state index is 0.133. The summed E-state index contributed by atoms with van der Waals surface area (Å²) in [5.41, 5.74) is 0.602. The van der Waals surface area contributed by atoms with Crippen molar-refractivity contribution in [2.45, 2.75) is 65.2 Å². The fourth-order valence-corrected chi connectivity index (χ4v) is 8.12. The molecule has 0 aromatic heterocycles. The number of sulfonamides is 2. The van der Waals surface area contributed by atoms with Crippen molar-refractivity contribution in [3.05, 3.63) is 59.7 Å². The van der Waals surface area contributed by atoms with Gasteiger partial charge in [-0.1, -0.05) is 55.4 Å². The molecule has 2 amide bonds. The second-order valence-corrected chi connectivity index (χ2v) is 16.7. The third-order valence-electron chi connectivity index (χ3n) is 6.48. The molecule has 10 nitrogen and oxygen atoms in total. The van der Waals surface area contributed by atoms with E-state index in [1.165, 1.54) is 57.1 Å². The average molecular weight is 651 g/mol. The number of carbonyl (C=O) groups is 2. The fourth-order valence-electron chi connectivity index (χ4n) is 4.58. The first kappa shape index (κ1) is 37.4. The van der Waals surface area contributed by atoms with E-state index in [-0.39, 0.29) is 46.6 Å².